The van der Waals surface area contributed by atoms with Gasteiger partial charge in [-0.2, -0.15) is 0 Å². The Morgan fingerprint density at radius 1 is 1.40 bits per heavy atom. The Morgan fingerprint density at radius 2 is 2.27 bits per heavy atom. The van der Waals surface area contributed by atoms with Crippen molar-refractivity contribution in [2.45, 2.75) is 32.2 Å². The van der Waals surface area contributed by atoms with Gasteiger partial charge in [0.2, 0.25) is 0 Å². The molecule has 1 aliphatic rings. The maximum atomic E-state index is 4.40. The predicted molar refractivity (Wildman–Crippen MR) is 60.3 cm³/mol. The van der Waals surface area contributed by atoms with Gasteiger partial charge < -0.3 is 5.32 Å². The molecule has 1 fully saturated rings. The molecule has 1 N–H and O–H groups in total. The van der Waals surface area contributed by atoms with Crippen molar-refractivity contribution in [2.75, 3.05) is 7.05 Å². The smallest absolute Gasteiger partial charge is 0.0758 e. The van der Waals surface area contributed by atoms with Gasteiger partial charge in [-0.3, -0.25) is 9.97 Å². The third kappa shape index (κ3) is 2.17. The Morgan fingerprint density at radius 3 is 2.80 bits per heavy atom. The monoisotopic (exact) mass is 205 g/mol. The minimum atomic E-state index is 0.371. The van der Waals surface area contributed by atoms with E-state index in [2.05, 4.69) is 22.2 Å². The number of nitrogens with zero attached hydrogens (tertiary/aromatic N) is 2. The van der Waals surface area contributed by atoms with Crippen molar-refractivity contribution >= 4 is 0 Å². The zero-order valence-corrected chi connectivity index (χ0v) is 9.48. The summed E-state index contributed by atoms with van der Waals surface area (Å²) in [5.74, 6) is 1.51. The van der Waals surface area contributed by atoms with Crippen molar-refractivity contribution in [1.82, 2.24) is 15.3 Å². The molecule has 1 aliphatic carbocycles. The van der Waals surface area contributed by atoms with E-state index in [-0.39, 0.29) is 0 Å². The summed E-state index contributed by atoms with van der Waals surface area (Å²) in [7, 11) is 2.02. The molecular weight excluding hydrogens is 186 g/mol. The van der Waals surface area contributed by atoms with Crippen LogP contribution >= 0.6 is 0 Å². The third-order valence-corrected chi connectivity index (χ3v) is 3.57. The molecule has 0 radical (unpaired) electrons. The molecule has 1 aromatic heterocycles. The van der Waals surface area contributed by atoms with Gasteiger partial charge in [-0.15, -0.1) is 0 Å². The van der Waals surface area contributed by atoms with Crippen LogP contribution in [0.2, 0.25) is 0 Å². The highest BCUT2D eigenvalue weighted by atomic mass is 14.9. The molecule has 2 rings (SSSR count). The second kappa shape index (κ2) is 4.71. The first-order chi connectivity index (χ1) is 7.33. The van der Waals surface area contributed by atoms with Crippen molar-refractivity contribution in [3.8, 4) is 0 Å². The third-order valence-electron chi connectivity index (χ3n) is 3.57. The fourth-order valence-electron chi connectivity index (χ4n) is 2.72. The highest BCUT2D eigenvalue weighted by Gasteiger charge is 2.31. The molecule has 3 heteroatoms. The van der Waals surface area contributed by atoms with E-state index in [9.17, 15) is 0 Å². The maximum absolute atomic E-state index is 4.40. The maximum Gasteiger partial charge on any atom is 0.0758 e. The Kier molecular flexibility index (Phi) is 3.31. The molecule has 0 aromatic carbocycles. The van der Waals surface area contributed by atoms with Crippen molar-refractivity contribution in [2.24, 2.45) is 11.8 Å². The van der Waals surface area contributed by atoms with Gasteiger partial charge in [0, 0.05) is 18.6 Å². The van der Waals surface area contributed by atoms with Crippen LogP contribution in [0, 0.1) is 11.8 Å². The second-order valence-electron chi connectivity index (χ2n) is 4.47. The minimum Gasteiger partial charge on any atom is -0.311 e. The fraction of sp³-hybridized carbons (Fsp3) is 0.667. The Bertz CT molecular complexity index is 299. The van der Waals surface area contributed by atoms with E-state index < -0.39 is 0 Å². The molecule has 0 saturated heterocycles. The molecule has 0 aliphatic heterocycles. The van der Waals surface area contributed by atoms with Crippen LogP contribution in [0.5, 0.6) is 0 Å². The molecule has 3 nitrogen and oxygen atoms in total. The summed E-state index contributed by atoms with van der Waals surface area (Å²) in [5.41, 5.74) is 1.08. The van der Waals surface area contributed by atoms with E-state index in [1.54, 1.807) is 12.4 Å². The Hall–Kier alpha value is -0.960. The molecule has 0 amide bonds. The largest absolute Gasteiger partial charge is 0.311 e. The highest BCUT2D eigenvalue weighted by molar-refractivity contribution is 5.05. The lowest BCUT2D eigenvalue weighted by molar-refractivity contribution is 0.310. The molecule has 3 atom stereocenters. The predicted octanol–water partition coefficient (Wildman–Crippen LogP) is 2.17. The van der Waals surface area contributed by atoms with Crippen LogP contribution in [0.25, 0.3) is 0 Å². The van der Waals surface area contributed by atoms with Crippen molar-refractivity contribution < 1.29 is 0 Å². The lowest BCUT2D eigenvalue weighted by Crippen LogP contribution is -2.27. The summed E-state index contributed by atoms with van der Waals surface area (Å²) in [6.45, 7) is 2.35. The van der Waals surface area contributed by atoms with Crippen molar-refractivity contribution in [1.29, 1.82) is 0 Å². The summed E-state index contributed by atoms with van der Waals surface area (Å²) in [6, 6.07) is 0.371. The van der Waals surface area contributed by atoms with Gasteiger partial charge >= 0.3 is 0 Å². The van der Waals surface area contributed by atoms with Gasteiger partial charge in [-0.25, -0.2) is 0 Å². The van der Waals surface area contributed by atoms with Crippen LogP contribution in [0.15, 0.2) is 18.6 Å². The number of aromatic nitrogens is 2. The molecule has 3 unspecified atom stereocenters. The first kappa shape index (κ1) is 10.6. The van der Waals surface area contributed by atoms with Gasteiger partial charge in [-0.1, -0.05) is 19.8 Å². The van der Waals surface area contributed by atoms with Crippen LogP contribution in [-0.2, 0) is 0 Å². The summed E-state index contributed by atoms with van der Waals surface area (Å²) in [4.78, 5) is 8.55. The summed E-state index contributed by atoms with van der Waals surface area (Å²) >= 11 is 0. The fourth-order valence-corrected chi connectivity index (χ4v) is 2.72. The van der Waals surface area contributed by atoms with Gasteiger partial charge in [0.05, 0.1) is 11.7 Å². The number of hydrogen-bond acceptors (Lipinski definition) is 3. The Balaban J connectivity index is 2.17. The second-order valence-corrected chi connectivity index (χ2v) is 4.47. The average molecular weight is 205 g/mol. The molecule has 0 bridgehead atoms. The first-order valence-electron chi connectivity index (χ1n) is 5.76. The van der Waals surface area contributed by atoms with Crippen LogP contribution in [-0.4, -0.2) is 17.0 Å². The van der Waals surface area contributed by atoms with Crippen LogP contribution in [0.3, 0.4) is 0 Å². The van der Waals surface area contributed by atoms with Gasteiger partial charge in [0.25, 0.3) is 0 Å². The number of rotatable bonds is 3. The zero-order valence-electron chi connectivity index (χ0n) is 9.48. The van der Waals surface area contributed by atoms with E-state index in [0.717, 1.165) is 11.6 Å². The SMILES string of the molecule is CNC(c1cnccn1)C1CCCC1C. The summed E-state index contributed by atoms with van der Waals surface area (Å²) in [6.07, 6.45) is 9.40. The summed E-state index contributed by atoms with van der Waals surface area (Å²) < 4.78 is 0. The first-order valence-corrected chi connectivity index (χ1v) is 5.76. The molecule has 82 valence electrons. The number of hydrogen-bond donors (Lipinski definition) is 1. The highest BCUT2D eigenvalue weighted by Crippen LogP contribution is 2.39. The standard InChI is InChI=1S/C12H19N3/c1-9-4-3-5-10(9)12(13-2)11-8-14-6-7-15-11/h6-10,12-13H,3-5H2,1-2H3. The minimum absolute atomic E-state index is 0.371. The van der Waals surface area contributed by atoms with Crippen LogP contribution in [0.4, 0.5) is 0 Å². The molecule has 1 saturated carbocycles. The molecule has 1 aromatic rings. The summed E-state index contributed by atoms with van der Waals surface area (Å²) in [5, 5.41) is 3.39. The Labute approximate surface area is 91.3 Å². The van der Waals surface area contributed by atoms with E-state index >= 15 is 0 Å². The normalized spacial score (nSPS) is 27.9. The van der Waals surface area contributed by atoms with Gasteiger partial charge in [0.1, 0.15) is 0 Å². The molecule has 15 heavy (non-hydrogen) atoms. The van der Waals surface area contributed by atoms with Gasteiger partial charge in [-0.05, 0) is 25.3 Å². The van der Waals surface area contributed by atoms with E-state index in [1.807, 2.05) is 13.2 Å². The molecule has 1 heterocycles. The lowest BCUT2D eigenvalue weighted by atomic mass is 9.88. The van der Waals surface area contributed by atoms with Crippen molar-refractivity contribution in [3.05, 3.63) is 24.3 Å². The van der Waals surface area contributed by atoms with E-state index in [0.29, 0.717) is 12.0 Å². The van der Waals surface area contributed by atoms with Crippen molar-refractivity contribution in [3.63, 3.8) is 0 Å². The van der Waals surface area contributed by atoms with Gasteiger partial charge in [0.15, 0.2) is 0 Å². The van der Waals surface area contributed by atoms with Crippen LogP contribution in [0.1, 0.15) is 37.9 Å². The zero-order chi connectivity index (χ0) is 10.7. The lowest BCUT2D eigenvalue weighted by Gasteiger charge is -2.25. The topological polar surface area (TPSA) is 37.8 Å². The van der Waals surface area contributed by atoms with E-state index in [1.165, 1.54) is 19.3 Å². The number of nitrogens with one attached hydrogen (secondary N) is 1. The van der Waals surface area contributed by atoms with Crippen LogP contribution < -0.4 is 5.32 Å². The molecular formula is C12H19N3. The van der Waals surface area contributed by atoms with E-state index in [4.69, 9.17) is 0 Å². The average Bonchev–Trinajstić information content (AvgIpc) is 2.68. The quantitative estimate of drug-likeness (QED) is 0.821. The molecule has 0 spiro atoms.